The van der Waals surface area contributed by atoms with Crippen molar-refractivity contribution in [1.82, 2.24) is 0 Å². The van der Waals surface area contributed by atoms with Crippen molar-refractivity contribution in [2.45, 2.75) is 26.8 Å². The van der Waals surface area contributed by atoms with E-state index in [2.05, 4.69) is 56.4 Å². The predicted octanol–water partition coefficient (Wildman–Crippen LogP) is 4.49. The minimum absolute atomic E-state index is 0.270. The zero-order chi connectivity index (χ0) is 13.8. The molecule has 100 valence electrons. The summed E-state index contributed by atoms with van der Waals surface area (Å²) in [4.78, 5) is 0. The van der Waals surface area contributed by atoms with Crippen LogP contribution in [0.1, 0.15) is 29.7 Å². The highest BCUT2D eigenvalue weighted by Gasteiger charge is 2.06. The lowest BCUT2D eigenvalue weighted by molar-refractivity contribution is 0.414. The highest BCUT2D eigenvalue weighted by molar-refractivity contribution is 5.50. The zero-order valence-corrected chi connectivity index (χ0v) is 12.0. The fraction of sp³-hybridized carbons (Fsp3) is 0.294. The molecule has 0 saturated heterocycles. The maximum Gasteiger partial charge on any atom is 0.118 e. The third kappa shape index (κ3) is 3.50. The molecule has 0 bridgehead atoms. The van der Waals surface area contributed by atoms with E-state index in [1.165, 1.54) is 22.4 Å². The SMILES string of the molecule is COc1ccc(C(C)Nc2cc(C)cc(C)c2)cc1. The predicted molar refractivity (Wildman–Crippen MR) is 80.9 cm³/mol. The molecule has 0 aliphatic heterocycles. The maximum atomic E-state index is 5.18. The molecule has 0 spiro atoms. The molecule has 0 fully saturated rings. The van der Waals surface area contributed by atoms with Crippen LogP contribution >= 0.6 is 0 Å². The van der Waals surface area contributed by atoms with Crippen molar-refractivity contribution in [2.75, 3.05) is 12.4 Å². The Hall–Kier alpha value is -1.96. The summed E-state index contributed by atoms with van der Waals surface area (Å²) in [6, 6.07) is 15.0. The summed E-state index contributed by atoms with van der Waals surface area (Å²) in [6.07, 6.45) is 0. The maximum absolute atomic E-state index is 5.18. The van der Waals surface area contributed by atoms with Crippen molar-refractivity contribution >= 4 is 5.69 Å². The third-order valence-electron chi connectivity index (χ3n) is 3.22. The van der Waals surface area contributed by atoms with Gasteiger partial charge < -0.3 is 10.1 Å². The fourth-order valence-electron chi connectivity index (χ4n) is 2.28. The Morgan fingerprint density at radius 3 is 2.05 bits per heavy atom. The molecule has 0 heterocycles. The lowest BCUT2D eigenvalue weighted by atomic mass is 10.1. The molecule has 2 aromatic carbocycles. The molecular formula is C17H21NO. The van der Waals surface area contributed by atoms with Crippen LogP contribution in [-0.2, 0) is 0 Å². The minimum atomic E-state index is 0.270. The number of anilines is 1. The average Bonchev–Trinajstić information content (AvgIpc) is 2.37. The Kier molecular flexibility index (Phi) is 4.10. The largest absolute Gasteiger partial charge is 0.497 e. The van der Waals surface area contributed by atoms with E-state index in [-0.39, 0.29) is 6.04 Å². The van der Waals surface area contributed by atoms with E-state index in [9.17, 15) is 0 Å². The molecule has 2 nitrogen and oxygen atoms in total. The van der Waals surface area contributed by atoms with Crippen LogP contribution in [0.15, 0.2) is 42.5 Å². The topological polar surface area (TPSA) is 21.3 Å². The molecule has 0 saturated carbocycles. The van der Waals surface area contributed by atoms with Gasteiger partial charge in [0.05, 0.1) is 7.11 Å². The fourth-order valence-corrected chi connectivity index (χ4v) is 2.28. The van der Waals surface area contributed by atoms with Crippen LogP contribution in [0, 0.1) is 13.8 Å². The van der Waals surface area contributed by atoms with Gasteiger partial charge in [0.1, 0.15) is 5.75 Å². The van der Waals surface area contributed by atoms with Crippen molar-refractivity contribution in [2.24, 2.45) is 0 Å². The van der Waals surface area contributed by atoms with E-state index in [1.807, 2.05) is 12.1 Å². The molecular weight excluding hydrogens is 234 g/mol. The summed E-state index contributed by atoms with van der Waals surface area (Å²) in [6.45, 7) is 6.41. The molecule has 0 radical (unpaired) electrons. The first-order valence-corrected chi connectivity index (χ1v) is 6.57. The van der Waals surface area contributed by atoms with Gasteiger partial charge in [-0.1, -0.05) is 18.2 Å². The van der Waals surface area contributed by atoms with Crippen molar-refractivity contribution in [3.63, 3.8) is 0 Å². The second-order valence-corrected chi connectivity index (χ2v) is 5.02. The van der Waals surface area contributed by atoms with Crippen LogP contribution in [0.2, 0.25) is 0 Å². The van der Waals surface area contributed by atoms with E-state index in [4.69, 9.17) is 4.74 Å². The Balaban J connectivity index is 2.13. The van der Waals surface area contributed by atoms with Crippen LogP contribution < -0.4 is 10.1 Å². The number of rotatable bonds is 4. The van der Waals surface area contributed by atoms with E-state index in [0.29, 0.717) is 0 Å². The molecule has 0 aromatic heterocycles. The Morgan fingerprint density at radius 1 is 0.947 bits per heavy atom. The Labute approximate surface area is 115 Å². The van der Waals surface area contributed by atoms with Crippen molar-refractivity contribution in [3.05, 3.63) is 59.2 Å². The van der Waals surface area contributed by atoms with E-state index in [0.717, 1.165) is 5.75 Å². The lowest BCUT2D eigenvalue weighted by Gasteiger charge is -2.17. The first-order chi connectivity index (χ1) is 9.08. The smallest absolute Gasteiger partial charge is 0.118 e. The van der Waals surface area contributed by atoms with Crippen molar-refractivity contribution in [3.8, 4) is 5.75 Å². The lowest BCUT2D eigenvalue weighted by Crippen LogP contribution is -2.06. The molecule has 1 N–H and O–H groups in total. The molecule has 2 aromatic rings. The number of hydrogen-bond donors (Lipinski definition) is 1. The summed E-state index contributed by atoms with van der Waals surface area (Å²) in [5.74, 6) is 0.891. The molecule has 19 heavy (non-hydrogen) atoms. The summed E-state index contributed by atoms with van der Waals surface area (Å²) in [7, 11) is 1.69. The average molecular weight is 255 g/mol. The van der Waals surface area contributed by atoms with Gasteiger partial charge in [0.2, 0.25) is 0 Å². The number of nitrogens with one attached hydrogen (secondary N) is 1. The summed E-state index contributed by atoms with van der Waals surface area (Å²) in [5, 5.41) is 3.54. The summed E-state index contributed by atoms with van der Waals surface area (Å²) >= 11 is 0. The highest BCUT2D eigenvalue weighted by atomic mass is 16.5. The van der Waals surface area contributed by atoms with Crippen LogP contribution in [-0.4, -0.2) is 7.11 Å². The Morgan fingerprint density at radius 2 is 1.53 bits per heavy atom. The van der Waals surface area contributed by atoms with Gasteiger partial charge in [-0.2, -0.15) is 0 Å². The minimum Gasteiger partial charge on any atom is -0.497 e. The van der Waals surface area contributed by atoms with Crippen LogP contribution in [0.3, 0.4) is 0 Å². The van der Waals surface area contributed by atoms with Crippen LogP contribution in [0.4, 0.5) is 5.69 Å². The standard InChI is InChI=1S/C17H21NO/c1-12-9-13(2)11-16(10-12)18-14(3)15-5-7-17(19-4)8-6-15/h5-11,14,18H,1-4H3. The zero-order valence-electron chi connectivity index (χ0n) is 12.0. The van der Waals surface area contributed by atoms with Gasteiger partial charge in [-0.3, -0.25) is 0 Å². The van der Waals surface area contributed by atoms with Crippen LogP contribution in [0.25, 0.3) is 0 Å². The second kappa shape index (κ2) is 5.79. The number of aryl methyl sites for hydroxylation is 2. The van der Waals surface area contributed by atoms with Gasteiger partial charge in [0, 0.05) is 11.7 Å². The van der Waals surface area contributed by atoms with Gasteiger partial charge >= 0.3 is 0 Å². The van der Waals surface area contributed by atoms with Gasteiger partial charge in [-0.25, -0.2) is 0 Å². The Bertz CT molecular complexity index is 525. The van der Waals surface area contributed by atoms with Crippen molar-refractivity contribution < 1.29 is 4.74 Å². The monoisotopic (exact) mass is 255 g/mol. The van der Waals surface area contributed by atoms with Gasteiger partial charge in [-0.05, 0) is 61.7 Å². The second-order valence-electron chi connectivity index (χ2n) is 5.02. The molecule has 2 rings (SSSR count). The van der Waals surface area contributed by atoms with Gasteiger partial charge in [-0.15, -0.1) is 0 Å². The normalized spacial score (nSPS) is 12.0. The van der Waals surface area contributed by atoms with E-state index < -0.39 is 0 Å². The summed E-state index contributed by atoms with van der Waals surface area (Å²) in [5.41, 5.74) is 4.98. The molecule has 1 unspecified atom stereocenters. The molecule has 0 aliphatic carbocycles. The van der Waals surface area contributed by atoms with Crippen molar-refractivity contribution in [1.29, 1.82) is 0 Å². The first-order valence-electron chi connectivity index (χ1n) is 6.57. The number of ether oxygens (including phenoxy) is 1. The molecule has 1 atom stereocenters. The van der Waals surface area contributed by atoms with Crippen LogP contribution in [0.5, 0.6) is 5.75 Å². The van der Waals surface area contributed by atoms with Gasteiger partial charge in [0.15, 0.2) is 0 Å². The number of methoxy groups -OCH3 is 1. The molecule has 0 aliphatic rings. The number of benzene rings is 2. The first kappa shape index (κ1) is 13.5. The third-order valence-corrected chi connectivity index (χ3v) is 3.22. The summed E-state index contributed by atoms with van der Waals surface area (Å²) < 4.78 is 5.18. The molecule has 0 amide bonds. The van der Waals surface area contributed by atoms with E-state index >= 15 is 0 Å². The van der Waals surface area contributed by atoms with Gasteiger partial charge in [0.25, 0.3) is 0 Å². The molecule has 2 heteroatoms. The quantitative estimate of drug-likeness (QED) is 0.869. The number of hydrogen-bond acceptors (Lipinski definition) is 2. The van der Waals surface area contributed by atoms with E-state index in [1.54, 1.807) is 7.11 Å². The highest BCUT2D eigenvalue weighted by Crippen LogP contribution is 2.23.